The molecular formula is C30H32N2O3. The van der Waals surface area contributed by atoms with E-state index in [1.54, 1.807) is 12.1 Å². The van der Waals surface area contributed by atoms with Gasteiger partial charge in [0.25, 0.3) is 11.7 Å². The average Bonchev–Trinajstić information content (AvgIpc) is 3.15. The highest BCUT2D eigenvalue weighted by atomic mass is 16.3. The van der Waals surface area contributed by atoms with Gasteiger partial charge in [0.05, 0.1) is 11.6 Å². The van der Waals surface area contributed by atoms with E-state index in [2.05, 4.69) is 25.7 Å². The summed E-state index contributed by atoms with van der Waals surface area (Å²) in [6.07, 6.45) is 0.873. The Morgan fingerprint density at radius 2 is 1.51 bits per heavy atom. The first-order valence-electron chi connectivity index (χ1n) is 12.2. The number of rotatable bonds is 7. The van der Waals surface area contributed by atoms with Crippen molar-refractivity contribution in [2.24, 2.45) is 0 Å². The van der Waals surface area contributed by atoms with E-state index in [1.165, 1.54) is 4.90 Å². The molecule has 0 bridgehead atoms. The normalized spacial score (nSPS) is 17.1. The van der Waals surface area contributed by atoms with Gasteiger partial charge >= 0.3 is 0 Å². The lowest BCUT2D eigenvalue weighted by Gasteiger charge is -2.27. The Balaban J connectivity index is 1.87. The Kier molecular flexibility index (Phi) is 7.06. The van der Waals surface area contributed by atoms with Crippen LogP contribution in [-0.4, -0.2) is 29.9 Å². The molecular weight excluding hydrogens is 436 g/mol. The summed E-state index contributed by atoms with van der Waals surface area (Å²) >= 11 is 0. The van der Waals surface area contributed by atoms with E-state index in [1.807, 2.05) is 67.6 Å². The summed E-state index contributed by atoms with van der Waals surface area (Å²) in [5.74, 6) is -1.47. The summed E-state index contributed by atoms with van der Waals surface area (Å²) in [4.78, 5) is 30.5. The summed E-state index contributed by atoms with van der Waals surface area (Å²) in [5.41, 5.74) is 5.20. The van der Waals surface area contributed by atoms with E-state index in [9.17, 15) is 14.7 Å². The number of aryl methyl sites for hydroxylation is 2. The Morgan fingerprint density at radius 3 is 2.09 bits per heavy atom. The smallest absolute Gasteiger partial charge is 0.300 e. The SMILES string of the molecule is CCc1ccc(/C(O)=C2\C(=O)C(=O)N(c3ccc(N(CC)CC)cc3)C2c2ccccc2C)cc1. The van der Waals surface area contributed by atoms with Crippen molar-refractivity contribution >= 4 is 28.8 Å². The minimum absolute atomic E-state index is 0.112. The lowest BCUT2D eigenvalue weighted by Crippen LogP contribution is -2.30. The van der Waals surface area contributed by atoms with E-state index < -0.39 is 17.7 Å². The minimum Gasteiger partial charge on any atom is -0.507 e. The lowest BCUT2D eigenvalue weighted by molar-refractivity contribution is -0.132. The number of aliphatic hydroxyl groups excluding tert-OH is 1. The fourth-order valence-electron chi connectivity index (χ4n) is 4.75. The van der Waals surface area contributed by atoms with E-state index in [0.717, 1.165) is 41.9 Å². The van der Waals surface area contributed by atoms with Crippen molar-refractivity contribution in [1.82, 2.24) is 0 Å². The second-order valence-electron chi connectivity index (χ2n) is 8.76. The summed E-state index contributed by atoms with van der Waals surface area (Å²) in [6.45, 7) is 9.96. The van der Waals surface area contributed by atoms with Gasteiger partial charge in [-0.15, -0.1) is 0 Å². The molecule has 5 nitrogen and oxygen atoms in total. The summed E-state index contributed by atoms with van der Waals surface area (Å²) in [6, 6.07) is 22.1. The van der Waals surface area contributed by atoms with Crippen molar-refractivity contribution in [3.05, 3.63) is 101 Å². The van der Waals surface area contributed by atoms with Crippen LogP contribution in [0.5, 0.6) is 0 Å². The third-order valence-corrected chi connectivity index (χ3v) is 6.82. The van der Waals surface area contributed by atoms with Crippen molar-refractivity contribution < 1.29 is 14.7 Å². The van der Waals surface area contributed by atoms with Gasteiger partial charge in [0, 0.05) is 30.0 Å². The maximum absolute atomic E-state index is 13.4. The van der Waals surface area contributed by atoms with Gasteiger partial charge in [-0.05, 0) is 68.1 Å². The van der Waals surface area contributed by atoms with Gasteiger partial charge in [0.2, 0.25) is 0 Å². The highest BCUT2D eigenvalue weighted by molar-refractivity contribution is 6.51. The second kappa shape index (κ2) is 10.2. The molecule has 1 aliphatic heterocycles. The number of ketones is 1. The first-order chi connectivity index (χ1) is 16.9. The molecule has 1 heterocycles. The molecule has 1 amide bonds. The van der Waals surface area contributed by atoms with Crippen LogP contribution in [0.25, 0.3) is 5.76 Å². The van der Waals surface area contributed by atoms with Crippen LogP contribution in [0.1, 0.15) is 49.1 Å². The molecule has 1 fully saturated rings. The predicted octanol–water partition coefficient (Wildman–Crippen LogP) is 6.03. The maximum Gasteiger partial charge on any atom is 0.300 e. The highest BCUT2D eigenvalue weighted by Gasteiger charge is 2.47. The Morgan fingerprint density at radius 1 is 0.886 bits per heavy atom. The van der Waals surface area contributed by atoms with Gasteiger partial charge in [-0.25, -0.2) is 0 Å². The number of carbonyl (C=O) groups is 2. The molecule has 35 heavy (non-hydrogen) atoms. The lowest BCUT2D eigenvalue weighted by atomic mass is 9.92. The van der Waals surface area contributed by atoms with Crippen molar-refractivity contribution in [2.45, 2.75) is 40.2 Å². The van der Waals surface area contributed by atoms with Crippen LogP contribution in [0.15, 0.2) is 78.4 Å². The fourth-order valence-corrected chi connectivity index (χ4v) is 4.75. The largest absolute Gasteiger partial charge is 0.507 e. The second-order valence-corrected chi connectivity index (χ2v) is 8.76. The van der Waals surface area contributed by atoms with Gasteiger partial charge in [-0.2, -0.15) is 0 Å². The van der Waals surface area contributed by atoms with Gasteiger partial charge in [0.15, 0.2) is 0 Å². The average molecular weight is 469 g/mol. The summed E-state index contributed by atoms with van der Waals surface area (Å²) in [7, 11) is 0. The van der Waals surface area contributed by atoms with Gasteiger partial charge < -0.3 is 10.0 Å². The number of hydrogen-bond acceptors (Lipinski definition) is 4. The number of amides is 1. The molecule has 0 aromatic heterocycles. The molecule has 0 radical (unpaired) electrons. The topological polar surface area (TPSA) is 60.9 Å². The van der Waals surface area contributed by atoms with Crippen molar-refractivity contribution in [3.63, 3.8) is 0 Å². The zero-order valence-corrected chi connectivity index (χ0v) is 20.8. The number of benzene rings is 3. The van der Waals surface area contributed by atoms with E-state index in [-0.39, 0.29) is 11.3 Å². The zero-order chi connectivity index (χ0) is 25.1. The van der Waals surface area contributed by atoms with Gasteiger partial charge in [0.1, 0.15) is 5.76 Å². The van der Waals surface area contributed by atoms with E-state index >= 15 is 0 Å². The molecule has 3 aromatic carbocycles. The highest BCUT2D eigenvalue weighted by Crippen LogP contribution is 2.43. The van der Waals surface area contributed by atoms with Crippen LogP contribution >= 0.6 is 0 Å². The summed E-state index contributed by atoms with van der Waals surface area (Å²) in [5, 5.41) is 11.3. The molecule has 0 spiro atoms. The van der Waals surface area contributed by atoms with Gasteiger partial charge in [-0.1, -0.05) is 55.5 Å². The number of Topliss-reactive ketones (excluding diaryl/α,β-unsaturated/α-hetero) is 1. The van der Waals surface area contributed by atoms with Crippen molar-refractivity contribution in [2.75, 3.05) is 22.9 Å². The number of carbonyl (C=O) groups excluding carboxylic acids is 2. The molecule has 0 aliphatic carbocycles. The van der Waals surface area contributed by atoms with E-state index in [0.29, 0.717) is 11.3 Å². The quantitative estimate of drug-likeness (QED) is 0.261. The molecule has 0 saturated carbocycles. The first-order valence-corrected chi connectivity index (χ1v) is 12.2. The molecule has 1 N–H and O–H groups in total. The third-order valence-electron chi connectivity index (χ3n) is 6.82. The molecule has 1 unspecified atom stereocenters. The Labute approximate surface area is 207 Å². The van der Waals surface area contributed by atoms with Crippen LogP contribution in [0.2, 0.25) is 0 Å². The van der Waals surface area contributed by atoms with Crippen molar-refractivity contribution in [1.29, 1.82) is 0 Å². The number of nitrogens with zero attached hydrogens (tertiary/aromatic N) is 2. The monoisotopic (exact) mass is 468 g/mol. The third kappa shape index (κ3) is 4.46. The molecule has 1 atom stereocenters. The number of hydrogen-bond donors (Lipinski definition) is 1. The molecule has 1 saturated heterocycles. The molecule has 5 heteroatoms. The maximum atomic E-state index is 13.4. The fraction of sp³-hybridized carbons (Fsp3) is 0.267. The van der Waals surface area contributed by atoms with Crippen LogP contribution in [0.3, 0.4) is 0 Å². The van der Waals surface area contributed by atoms with Crippen LogP contribution in [-0.2, 0) is 16.0 Å². The predicted molar refractivity (Wildman–Crippen MR) is 142 cm³/mol. The van der Waals surface area contributed by atoms with Crippen molar-refractivity contribution in [3.8, 4) is 0 Å². The zero-order valence-electron chi connectivity index (χ0n) is 20.8. The minimum atomic E-state index is -0.721. The van der Waals surface area contributed by atoms with Crippen LogP contribution < -0.4 is 9.80 Å². The first kappa shape index (κ1) is 24.3. The molecule has 4 rings (SSSR count). The van der Waals surface area contributed by atoms with Crippen LogP contribution in [0.4, 0.5) is 11.4 Å². The Bertz CT molecular complexity index is 1260. The molecule has 1 aliphatic rings. The molecule has 3 aromatic rings. The Hall–Kier alpha value is -3.86. The molecule has 180 valence electrons. The van der Waals surface area contributed by atoms with Gasteiger partial charge in [-0.3, -0.25) is 14.5 Å². The number of aliphatic hydroxyl groups is 1. The van der Waals surface area contributed by atoms with Crippen LogP contribution in [0, 0.1) is 6.92 Å². The summed E-state index contributed by atoms with van der Waals surface area (Å²) < 4.78 is 0. The van der Waals surface area contributed by atoms with E-state index in [4.69, 9.17) is 0 Å². The number of anilines is 2. The standard InChI is InChI=1S/C30H32N2O3/c1-5-21-12-14-22(15-13-21)28(33)26-27(25-11-9-8-10-20(25)4)32(30(35)29(26)34)24-18-16-23(17-19-24)31(6-2)7-3/h8-19,27,33H,5-7H2,1-4H3/b28-26+.